The number of carbonyl (C=O) groups is 1. The molecule has 0 radical (unpaired) electrons. The maximum Gasteiger partial charge on any atom is 0.251 e. The van der Waals surface area contributed by atoms with Crippen LogP contribution < -0.4 is 10.1 Å². The number of amides is 1. The third kappa shape index (κ3) is 2.45. The Labute approximate surface area is 112 Å². The Balaban J connectivity index is 1.82. The lowest BCUT2D eigenvalue weighted by Crippen LogP contribution is -2.32. The standard InChI is InChI=1S/C16H15NO2/c18-16-14-7-4-8-15(13(14)9-10-17-16)19-11-12-5-2-1-3-6-12/h1-8H,9-11H2,(H,17,18). The maximum absolute atomic E-state index is 11.7. The van der Waals surface area contributed by atoms with Gasteiger partial charge in [0.25, 0.3) is 5.91 Å². The molecular weight excluding hydrogens is 238 g/mol. The molecule has 96 valence electrons. The molecule has 0 fully saturated rings. The summed E-state index contributed by atoms with van der Waals surface area (Å²) in [4.78, 5) is 11.7. The van der Waals surface area contributed by atoms with Crippen molar-refractivity contribution in [3.63, 3.8) is 0 Å². The molecule has 0 spiro atoms. The van der Waals surface area contributed by atoms with Gasteiger partial charge in [-0.2, -0.15) is 0 Å². The smallest absolute Gasteiger partial charge is 0.251 e. The average Bonchev–Trinajstić information content (AvgIpc) is 2.47. The molecule has 0 saturated heterocycles. The minimum Gasteiger partial charge on any atom is -0.489 e. The lowest BCUT2D eigenvalue weighted by Gasteiger charge is -2.19. The van der Waals surface area contributed by atoms with Crippen molar-refractivity contribution in [2.24, 2.45) is 0 Å². The molecule has 0 unspecified atom stereocenters. The number of hydrogen-bond acceptors (Lipinski definition) is 2. The molecule has 19 heavy (non-hydrogen) atoms. The second-order valence-electron chi connectivity index (χ2n) is 4.56. The number of carbonyl (C=O) groups excluding carboxylic acids is 1. The normalized spacial score (nSPS) is 13.6. The molecule has 3 rings (SSSR count). The van der Waals surface area contributed by atoms with E-state index in [2.05, 4.69) is 5.32 Å². The van der Waals surface area contributed by atoms with Crippen molar-refractivity contribution in [1.29, 1.82) is 0 Å². The van der Waals surface area contributed by atoms with Crippen LogP contribution >= 0.6 is 0 Å². The molecule has 1 aliphatic heterocycles. The van der Waals surface area contributed by atoms with Gasteiger partial charge >= 0.3 is 0 Å². The van der Waals surface area contributed by atoms with Crippen LogP contribution in [0.5, 0.6) is 5.75 Å². The number of rotatable bonds is 3. The largest absolute Gasteiger partial charge is 0.489 e. The van der Waals surface area contributed by atoms with Crippen molar-refractivity contribution < 1.29 is 9.53 Å². The molecule has 2 aromatic rings. The Bertz CT molecular complexity index is 593. The predicted molar refractivity (Wildman–Crippen MR) is 73.3 cm³/mol. The summed E-state index contributed by atoms with van der Waals surface area (Å²) >= 11 is 0. The van der Waals surface area contributed by atoms with Gasteiger partial charge in [0.15, 0.2) is 0 Å². The van der Waals surface area contributed by atoms with E-state index < -0.39 is 0 Å². The number of fused-ring (bicyclic) bond motifs is 1. The Hall–Kier alpha value is -2.29. The third-order valence-corrected chi connectivity index (χ3v) is 3.28. The molecule has 1 aliphatic rings. The molecule has 1 amide bonds. The minimum atomic E-state index is -0.00795. The minimum absolute atomic E-state index is 0.00795. The third-order valence-electron chi connectivity index (χ3n) is 3.28. The van der Waals surface area contributed by atoms with Gasteiger partial charge in [-0.05, 0) is 24.1 Å². The summed E-state index contributed by atoms with van der Waals surface area (Å²) in [6, 6.07) is 15.7. The second-order valence-corrected chi connectivity index (χ2v) is 4.56. The lowest BCUT2D eigenvalue weighted by molar-refractivity contribution is 0.0945. The zero-order valence-corrected chi connectivity index (χ0v) is 10.6. The summed E-state index contributed by atoms with van der Waals surface area (Å²) in [7, 11) is 0. The van der Waals surface area contributed by atoms with Gasteiger partial charge in [0, 0.05) is 17.7 Å². The van der Waals surface area contributed by atoms with Gasteiger partial charge in [0.1, 0.15) is 12.4 Å². The van der Waals surface area contributed by atoms with Crippen LogP contribution in [-0.4, -0.2) is 12.5 Å². The van der Waals surface area contributed by atoms with Gasteiger partial charge in [-0.1, -0.05) is 36.4 Å². The van der Waals surface area contributed by atoms with E-state index in [-0.39, 0.29) is 5.91 Å². The van der Waals surface area contributed by atoms with Crippen molar-refractivity contribution in [2.45, 2.75) is 13.0 Å². The fourth-order valence-electron chi connectivity index (χ4n) is 2.30. The Morgan fingerprint density at radius 1 is 1.05 bits per heavy atom. The zero-order chi connectivity index (χ0) is 13.1. The van der Waals surface area contributed by atoms with Crippen molar-refractivity contribution >= 4 is 5.91 Å². The van der Waals surface area contributed by atoms with Gasteiger partial charge in [-0.25, -0.2) is 0 Å². The fraction of sp³-hybridized carbons (Fsp3) is 0.188. The number of benzene rings is 2. The van der Waals surface area contributed by atoms with Crippen LogP contribution in [0.4, 0.5) is 0 Å². The van der Waals surface area contributed by atoms with Crippen LogP contribution in [0.2, 0.25) is 0 Å². The van der Waals surface area contributed by atoms with Crippen molar-refractivity contribution in [3.05, 3.63) is 65.2 Å². The van der Waals surface area contributed by atoms with Crippen LogP contribution in [0, 0.1) is 0 Å². The molecule has 0 aromatic heterocycles. The summed E-state index contributed by atoms with van der Waals surface area (Å²) in [5.41, 5.74) is 2.87. The van der Waals surface area contributed by atoms with Crippen LogP contribution in [0.1, 0.15) is 21.5 Å². The highest BCUT2D eigenvalue weighted by Gasteiger charge is 2.19. The summed E-state index contributed by atoms with van der Waals surface area (Å²) in [5.74, 6) is 0.808. The van der Waals surface area contributed by atoms with Gasteiger partial charge in [-0.3, -0.25) is 4.79 Å². The van der Waals surface area contributed by atoms with E-state index in [1.807, 2.05) is 48.5 Å². The van der Waals surface area contributed by atoms with E-state index in [1.54, 1.807) is 0 Å². The molecule has 0 atom stereocenters. The number of ether oxygens (including phenoxy) is 1. The summed E-state index contributed by atoms with van der Waals surface area (Å²) < 4.78 is 5.86. The first kappa shape index (κ1) is 11.8. The van der Waals surface area contributed by atoms with Crippen molar-refractivity contribution in [1.82, 2.24) is 5.32 Å². The van der Waals surface area contributed by atoms with Crippen LogP contribution in [0.3, 0.4) is 0 Å². The first-order valence-electron chi connectivity index (χ1n) is 6.41. The Morgan fingerprint density at radius 3 is 2.74 bits per heavy atom. The monoisotopic (exact) mass is 253 g/mol. The molecule has 0 saturated carbocycles. The van der Waals surface area contributed by atoms with E-state index in [0.29, 0.717) is 13.2 Å². The quantitative estimate of drug-likeness (QED) is 0.913. The highest BCUT2D eigenvalue weighted by molar-refractivity contribution is 5.97. The summed E-state index contributed by atoms with van der Waals surface area (Å²) in [6.45, 7) is 1.20. The molecular formula is C16H15NO2. The number of hydrogen-bond donors (Lipinski definition) is 1. The number of nitrogens with one attached hydrogen (secondary N) is 1. The predicted octanol–water partition coefficient (Wildman–Crippen LogP) is 2.55. The molecule has 3 nitrogen and oxygen atoms in total. The van der Waals surface area contributed by atoms with E-state index >= 15 is 0 Å². The molecule has 2 aromatic carbocycles. The van der Waals surface area contributed by atoms with E-state index in [4.69, 9.17) is 4.74 Å². The lowest BCUT2D eigenvalue weighted by atomic mass is 9.99. The first-order chi connectivity index (χ1) is 9.34. The molecule has 0 bridgehead atoms. The van der Waals surface area contributed by atoms with Crippen LogP contribution in [0.25, 0.3) is 0 Å². The first-order valence-corrected chi connectivity index (χ1v) is 6.41. The van der Waals surface area contributed by atoms with Gasteiger partial charge in [0.05, 0.1) is 0 Å². The molecule has 1 N–H and O–H groups in total. The van der Waals surface area contributed by atoms with Gasteiger partial charge in [0.2, 0.25) is 0 Å². The average molecular weight is 253 g/mol. The summed E-state index contributed by atoms with van der Waals surface area (Å²) in [6.07, 6.45) is 0.825. The SMILES string of the molecule is O=C1NCCc2c(OCc3ccccc3)cccc21. The summed E-state index contributed by atoms with van der Waals surface area (Å²) in [5, 5.41) is 2.84. The van der Waals surface area contributed by atoms with Crippen molar-refractivity contribution in [3.8, 4) is 5.75 Å². The van der Waals surface area contributed by atoms with Crippen LogP contribution in [-0.2, 0) is 13.0 Å². The molecule has 3 heteroatoms. The van der Waals surface area contributed by atoms with E-state index in [9.17, 15) is 4.79 Å². The van der Waals surface area contributed by atoms with Crippen LogP contribution in [0.15, 0.2) is 48.5 Å². The maximum atomic E-state index is 11.7. The topological polar surface area (TPSA) is 38.3 Å². The zero-order valence-electron chi connectivity index (χ0n) is 10.6. The fourth-order valence-corrected chi connectivity index (χ4v) is 2.30. The van der Waals surface area contributed by atoms with E-state index in [1.165, 1.54) is 0 Å². The van der Waals surface area contributed by atoms with Gasteiger partial charge in [-0.15, -0.1) is 0 Å². The van der Waals surface area contributed by atoms with Crippen molar-refractivity contribution in [2.75, 3.05) is 6.54 Å². The molecule has 1 heterocycles. The molecule has 0 aliphatic carbocycles. The van der Waals surface area contributed by atoms with E-state index in [0.717, 1.165) is 28.9 Å². The second kappa shape index (κ2) is 5.14. The Kier molecular flexibility index (Phi) is 3.19. The highest BCUT2D eigenvalue weighted by Crippen LogP contribution is 2.25. The highest BCUT2D eigenvalue weighted by atomic mass is 16.5. The Morgan fingerprint density at radius 2 is 1.89 bits per heavy atom. The van der Waals surface area contributed by atoms with Gasteiger partial charge < -0.3 is 10.1 Å².